The summed E-state index contributed by atoms with van der Waals surface area (Å²) in [7, 11) is 1.64. The highest BCUT2D eigenvalue weighted by Crippen LogP contribution is 2.26. The third-order valence-electron chi connectivity index (χ3n) is 2.85. The van der Waals surface area contributed by atoms with Crippen molar-refractivity contribution in [1.82, 2.24) is 8.69 Å². The molecule has 4 nitrogen and oxygen atoms in total. The molecule has 20 heavy (non-hydrogen) atoms. The molecule has 0 fully saturated rings. The number of nitrogens with one attached hydrogen (secondary N) is 1. The van der Waals surface area contributed by atoms with Crippen LogP contribution in [0.1, 0.15) is 13.0 Å². The topological polar surface area (TPSA) is 45.3 Å². The molecule has 1 amide bonds. The summed E-state index contributed by atoms with van der Waals surface area (Å²) in [6.07, 6.45) is 6.06. The number of H-pyrrole nitrogens is 1. The van der Waals surface area contributed by atoms with Crippen molar-refractivity contribution in [1.29, 1.82) is 0 Å². The Kier molecular flexibility index (Phi) is 6.29. The van der Waals surface area contributed by atoms with Crippen LogP contribution in [0.5, 0.6) is 5.75 Å². The van der Waals surface area contributed by atoms with Crippen LogP contribution in [0.4, 0.5) is 0 Å². The second-order valence-corrected chi connectivity index (χ2v) is 5.61. The fourth-order valence-corrected chi connectivity index (χ4v) is 3.07. The van der Waals surface area contributed by atoms with E-state index in [-0.39, 0.29) is 13.3 Å². The van der Waals surface area contributed by atoms with Crippen LogP contribution in [0.15, 0.2) is 24.4 Å². The molecule has 0 aliphatic rings. The number of hydrogen-bond acceptors (Lipinski definition) is 4. The van der Waals surface area contributed by atoms with Crippen LogP contribution in [0.3, 0.4) is 0 Å². The van der Waals surface area contributed by atoms with Gasteiger partial charge in [-0.3, -0.25) is 4.79 Å². The minimum absolute atomic E-state index is 0. The van der Waals surface area contributed by atoms with E-state index in [0.29, 0.717) is 6.42 Å². The van der Waals surface area contributed by atoms with Crippen molar-refractivity contribution < 1.29 is 9.53 Å². The molecule has 0 bridgehead atoms. The SMILES string of the molecule is C.COc1ccc2[nH]cc(CC(=O)N(SC)SC)c2c1. The van der Waals surface area contributed by atoms with Gasteiger partial charge < -0.3 is 9.72 Å². The Morgan fingerprint density at radius 1 is 1.35 bits per heavy atom. The second-order valence-electron chi connectivity index (χ2n) is 3.92. The predicted octanol–water partition coefficient (Wildman–Crippen LogP) is 3.74. The summed E-state index contributed by atoms with van der Waals surface area (Å²) in [6.45, 7) is 0. The standard InChI is InChI=1S/C13H16N2O2S2.CH4/c1-17-10-4-5-12-11(7-10)9(8-14-12)6-13(16)15(18-2)19-3;/h4-5,7-8,14H,6H2,1-3H3;1H4. The highest BCUT2D eigenvalue weighted by molar-refractivity contribution is 8.12. The molecule has 2 aromatic rings. The van der Waals surface area contributed by atoms with E-state index in [1.807, 2.05) is 36.9 Å². The number of ether oxygens (including phenoxy) is 1. The zero-order valence-electron chi connectivity index (χ0n) is 11.1. The van der Waals surface area contributed by atoms with Crippen LogP contribution in [0.2, 0.25) is 0 Å². The summed E-state index contributed by atoms with van der Waals surface area (Å²) >= 11 is 2.85. The number of aromatic nitrogens is 1. The molecular weight excluding hydrogens is 292 g/mol. The number of amides is 1. The summed E-state index contributed by atoms with van der Waals surface area (Å²) in [5.41, 5.74) is 2.01. The van der Waals surface area contributed by atoms with Crippen LogP contribution in [-0.4, -0.2) is 34.2 Å². The van der Waals surface area contributed by atoms with Gasteiger partial charge in [-0.15, -0.1) is 0 Å². The summed E-state index contributed by atoms with van der Waals surface area (Å²) in [6, 6.07) is 5.82. The van der Waals surface area contributed by atoms with Gasteiger partial charge in [0.05, 0.1) is 13.5 Å². The molecule has 1 aromatic heterocycles. The first-order chi connectivity index (χ1) is 9.19. The van der Waals surface area contributed by atoms with Gasteiger partial charge in [0.25, 0.3) is 0 Å². The number of rotatable bonds is 5. The van der Waals surface area contributed by atoms with E-state index >= 15 is 0 Å². The number of hydrogen-bond donors (Lipinski definition) is 1. The van der Waals surface area contributed by atoms with Crippen LogP contribution >= 0.6 is 23.9 Å². The average Bonchev–Trinajstić information content (AvgIpc) is 2.82. The smallest absolute Gasteiger partial charge is 0.247 e. The zero-order chi connectivity index (χ0) is 13.8. The maximum absolute atomic E-state index is 12.1. The Labute approximate surface area is 128 Å². The Hall–Kier alpha value is -1.27. The third kappa shape index (κ3) is 3.43. The maximum atomic E-state index is 12.1. The first kappa shape index (κ1) is 16.8. The average molecular weight is 312 g/mol. The van der Waals surface area contributed by atoms with E-state index in [9.17, 15) is 4.79 Å². The predicted molar refractivity (Wildman–Crippen MR) is 89.2 cm³/mol. The lowest BCUT2D eigenvalue weighted by molar-refractivity contribution is -0.122. The lowest BCUT2D eigenvalue weighted by Crippen LogP contribution is -2.18. The van der Waals surface area contributed by atoms with Crippen LogP contribution in [0, 0.1) is 0 Å². The van der Waals surface area contributed by atoms with Gasteiger partial charge in [-0.1, -0.05) is 7.43 Å². The van der Waals surface area contributed by atoms with Crippen LogP contribution in [0.25, 0.3) is 10.9 Å². The molecule has 0 saturated heterocycles. The molecule has 6 heteroatoms. The molecule has 1 aromatic carbocycles. The summed E-state index contributed by atoms with van der Waals surface area (Å²) in [5, 5.41) is 1.04. The minimum atomic E-state index is 0. The lowest BCUT2D eigenvalue weighted by atomic mass is 10.1. The highest BCUT2D eigenvalue weighted by atomic mass is 32.2. The number of benzene rings is 1. The molecule has 110 valence electrons. The Bertz CT molecular complexity index is 580. The summed E-state index contributed by atoms with van der Waals surface area (Å²) in [5.74, 6) is 0.885. The highest BCUT2D eigenvalue weighted by Gasteiger charge is 2.15. The van der Waals surface area contributed by atoms with Gasteiger partial charge in [0, 0.05) is 29.6 Å². The molecule has 0 radical (unpaired) electrons. The van der Waals surface area contributed by atoms with Gasteiger partial charge in [-0.2, -0.15) is 0 Å². The Morgan fingerprint density at radius 3 is 2.65 bits per heavy atom. The Morgan fingerprint density at radius 2 is 2.05 bits per heavy atom. The van der Waals surface area contributed by atoms with E-state index in [1.54, 1.807) is 10.8 Å². The number of carbonyl (C=O) groups is 1. The van der Waals surface area contributed by atoms with Crippen molar-refractivity contribution in [3.05, 3.63) is 30.0 Å². The molecule has 0 atom stereocenters. The summed E-state index contributed by atoms with van der Waals surface area (Å²) in [4.78, 5) is 15.3. The molecule has 0 unspecified atom stereocenters. The van der Waals surface area contributed by atoms with Crippen molar-refractivity contribution in [3.8, 4) is 5.75 Å². The molecule has 0 aliphatic heterocycles. The van der Waals surface area contributed by atoms with Crippen molar-refractivity contribution in [3.63, 3.8) is 0 Å². The van der Waals surface area contributed by atoms with Crippen molar-refractivity contribution in [2.75, 3.05) is 19.6 Å². The van der Waals surface area contributed by atoms with Crippen molar-refractivity contribution in [2.24, 2.45) is 0 Å². The first-order valence-electron chi connectivity index (χ1n) is 5.74. The first-order valence-corrected chi connectivity index (χ1v) is 8.11. The quantitative estimate of drug-likeness (QED) is 0.854. The van der Waals surface area contributed by atoms with E-state index in [0.717, 1.165) is 22.2 Å². The number of aromatic amines is 1. The summed E-state index contributed by atoms with van der Waals surface area (Å²) < 4.78 is 6.90. The largest absolute Gasteiger partial charge is 0.497 e. The number of carbonyl (C=O) groups excluding carboxylic acids is 1. The molecule has 1 heterocycles. The van der Waals surface area contributed by atoms with Crippen LogP contribution in [-0.2, 0) is 11.2 Å². The number of fused-ring (bicyclic) bond motifs is 1. The molecular formula is C14H20N2O2S2. The number of methoxy groups -OCH3 is 1. The van der Waals surface area contributed by atoms with E-state index in [4.69, 9.17) is 4.74 Å². The minimum Gasteiger partial charge on any atom is -0.497 e. The zero-order valence-corrected chi connectivity index (χ0v) is 12.7. The lowest BCUT2D eigenvalue weighted by Gasteiger charge is -2.14. The van der Waals surface area contributed by atoms with Gasteiger partial charge >= 0.3 is 0 Å². The molecule has 1 N–H and O–H groups in total. The fraction of sp³-hybridized carbons (Fsp3) is 0.357. The van der Waals surface area contributed by atoms with Crippen LogP contribution < -0.4 is 4.74 Å². The van der Waals surface area contributed by atoms with E-state index < -0.39 is 0 Å². The van der Waals surface area contributed by atoms with Gasteiger partial charge in [0.15, 0.2) is 0 Å². The molecule has 2 rings (SSSR count). The monoisotopic (exact) mass is 312 g/mol. The maximum Gasteiger partial charge on any atom is 0.247 e. The van der Waals surface area contributed by atoms with E-state index in [1.165, 1.54) is 23.9 Å². The van der Waals surface area contributed by atoms with E-state index in [2.05, 4.69) is 4.98 Å². The Balaban J connectivity index is 0.00000200. The van der Waals surface area contributed by atoms with Gasteiger partial charge in [-0.05, 0) is 47.7 Å². The van der Waals surface area contributed by atoms with Crippen molar-refractivity contribution >= 4 is 40.7 Å². The molecule has 0 saturated carbocycles. The van der Waals surface area contributed by atoms with Gasteiger partial charge in [0.1, 0.15) is 5.75 Å². The fourth-order valence-electron chi connectivity index (χ4n) is 1.94. The van der Waals surface area contributed by atoms with Crippen molar-refractivity contribution in [2.45, 2.75) is 13.8 Å². The number of nitrogens with zero attached hydrogens (tertiary/aromatic N) is 1. The van der Waals surface area contributed by atoms with Gasteiger partial charge in [-0.25, -0.2) is 3.71 Å². The molecule has 0 spiro atoms. The van der Waals surface area contributed by atoms with Gasteiger partial charge in [0.2, 0.25) is 5.91 Å². The molecule has 0 aliphatic carbocycles. The third-order valence-corrected chi connectivity index (χ3v) is 4.82. The second kappa shape index (κ2) is 7.50. The normalized spacial score (nSPS) is 10.2.